The number of nitrogens with zero attached hydrogens (tertiary/aromatic N) is 1. The number of halogens is 1. The molecule has 1 unspecified atom stereocenters. The van der Waals surface area contributed by atoms with Crippen LogP contribution in [0.5, 0.6) is 5.75 Å². The topological polar surface area (TPSA) is 42.4 Å². The van der Waals surface area contributed by atoms with Gasteiger partial charge in [-0.05, 0) is 48.2 Å². The van der Waals surface area contributed by atoms with E-state index in [1.54, 1.807) is 25.4 Å². The van der Waals surface area contributed by atoms with Gasteiger partial charge in [0.1, 0.15) is 10.9 Å². The lowest BCUT2D eigenvalue weighted by molar-refractivity contribution is 0.167. The summed E-state index contributed by atoms with van der Waals surface area (Å²) < 4.78 is 5.11. The fraction of sp³-hybridized carbons (Fsp3) is 0.267. The van der Waals surface area contributed by atoms with Crippen molar-refractivity contribution in [3.8, 4) is 5.75 Å². The van der Waals surface area contributed by atoms with Gasteiger partial charge in [-0.1, -0.05) is 23.7 Å². The number of aromatic nitrogens is 1. The van der Waals surface area contributed by atoms with Gasteiger partial charge >= 0.3 is 0 Å². The normalized spacial score (nSPS) is 12.2. The van der Waals surface area contributed by atoms with Gasteiger partial charge in [-0.15, -0.1) is 0 Å². The van der Waals surface area contributed by atoms with E-state index in [0.29, 0.717) is 11.6 Å². The summed E-state index contributed by atoms with van der Waals surface area (Å²) in [5.74, 6) is 0.838. The molecule has 1 N–H and O–H groups in total. The molecule has 0 aliphatic rings. The molecule has 0 radical (unpaired) electrons. The number of pyridine rings is 1. The second-order valence-electron chi connectivity index (χ2n) is 4.31. The number of aliphatic hydroxyl groups is 1. The predicted molar refractivity (Wildman–Crippen MR) is 75.5 cm³/mol. The maximum absolute atomic E-state index is 10.1. The third-order valence-electron chi connectivity index (χ3n) is 3.00. The van der Waals surface area contributed by atoms with Crippen LogP contribution in [0.15, 0.2) is 42.6 Å². The van der Waals surface area contributed by atoms with Gasteiger partial charge in [0.05, 0.1) is 13.2 Å². The van der Waals surface area contributed by atoms with Crippen molar-refractivity contribution in [3.05, 3.63) is 58.9 Å². The van der Waals surface area contributed by atoms with Gasteiger partial charge in [-0.3, -0.25) is 0 Å². The molecule has 1 atom stereocenters. The van der Waals surface area contributed by atoms with Crippen LogP contribution in [0.1, 0.15) is 23.7 Å². The van der Waals surface area contributed by atoms with E-state index in [1.165, 1.54) is 5.56 Å². The molecule has 1 heterocycles. The highest BCUT2D eigenvalue weighted by atomic mass is 35.5. The van der Waals surface area contributed by atoms with Crippen molar-refractivity contribution in [1.82, 2.24) is 4.98 Å². The summed E-state index contributed by atoms with van der Waals surface area (Å²) in [6.07, 6.45) is 2.52. The summed E-state index contributed by atoms with van der Waals surface area (Å²) in [6, 6.07) is 11.3. The fourth-order valence-corrected chi connectivity index (χ4v) is 2.07. The second-order valence-corrected chi connectivity index (χ2v) is 4.70. The number of methoxy groups -OCH3 is 1. The number of benzene rings is 1. The molecule has 0 saturated heterocycles. The molecule has 0 spiro atoms. The number of hydrogen-bond donors (Lipinski definition) is 1. The average Bonchev–Trinajstić information content (AvgIpc) is 2.45. The number of ether oxygens (including phenoxy) is 1. The van der Waals surface area contributed by atoms with Crippen molar-refractivity contribution >= 4 is 11.6 Å². The Morgan fingerprint density at radius 3 is 2.63 bits per heavy atom. The molecule has 1 aromatic carbocycles. The second kappa shape index (κ2) is 6.55. The predicted octanol–water partition coefficient (Wildman–Crippen LogP) is 3.41. The molecule has 3 nitrogen and oxygen atoms in total. The molecule has 19 heavy (non-hydrogen) atoms. The highest BCUT2D eigenvalue weighted by molar-refractivity contribution is 6.29. The minimum Gasteiger partial charge on any atom is -0.497 e. The van der Waals surface area contributed by atoms with E-state index in [1.807, 2.05) is 24.3 Å². The zero-order valence-corrected chi connectivity index (χ0v) is 11.5. The van der Waals surface area contributed by atoms with Crippen LogP contribution in [-0.2, 0) is 6.42 Å². The van der Waals surface area contributed by atoms with Crippen LogP contribution in [0.4, 0.5) is 0 Å². The molecular formula is C15H16ClNO2. The Morgan fingerprint density at radius 2 is 2.00 bits per heavy atom. The van der Waals surface area contributed by atoms with Gasteiger partial charge in [0.2, 0.25) is 0 Å². The van der Waals surface area contributed by atoms with E-state index in [9.17, 15) is 5.11 Å². The monoisotopic (exact) mass is 277 g/mol. The van der Waals surface area contributed by atoms with Crippen molar-refractivity contribution in [2.45, 2.75) is 18.9 Å². The van der Waals surface area contributed by atoms with Crippen LogP contribution in [0.2, 0.25) is 5.15 Å². The Kier molecular flexibility index (Phi) is 4.77. The molecule has 0 amide bonds. The molecule has 0 saturated carbocycles. The SMILES string of the molecule is COc1ccc(CCC(O)c2ccnc(Cl)c2)cc1. The minimum atomic E-state index is -0.525. The first-order valence-electron chi connectivity index (χ1n) is 6.11. The van der Waals surface area contributed by atoms with Gasteiger partial charge in [0, 0.05) is 6.20 Å². The van der Waals surface area contributed by atoms with Crippen molar-refractivity contribution in [2.75, 3.05) is 7.11 Å². The lowest BCUT2D eigenvalue weighted by Gasteiger charge is -2.11. The lowest BCUT2D eigenvalue weighted by atomic mass is 10.0. The fourth-order valence-electron chi connectivity index (χ4n) is 1.89. The Hall–Kier alpha value is -1.58. The van der Waals surface area contributed by atoms with Crippen LogP contribution in [0.25, 0.3) is 0 Å². The molecule has 2 rings (SSSR count). The summed E-state index contributed by atoms with van der Waals surface area (Å²) in [5, 5.41) is 10.5. The minimum absolute atomic E-state index is 0.404. The van der Waals surface area contributed by atoms with Gasteiger partial charge < -0.3 is 9.84 Å². The standard InChI is InChI=1S/C15H16ClNO2/c1-19-13-5-2-11(3-6-13)4-7-14(18)12-8-9-17-15(16)10-12/h2-3,5-6,8-10,14,18H,4,7H2,1H3. The van der Waals surface area contributed by atoms with Gasteiger partial charge in [0.25, 0.3) is 0 Å². The summed E-state index contributed by atoms with van der Waals surface area (Å²) in [5.41, 5.74) is 1.97. The Morgan fingerprint density at radius 1 is 1.26 bits per heavy atom. The van der Waals surface area contributed by atoms with Crippen LogP contribution in [-0.4, -0.2) is 17.2 Å². The van der Waals surface area contributed by atoms with E-state index in [-0.39, 0.29) is 0 Å². The molecule has 0 aliphatic carbocycles. The van der Waals surface area contributed by atoms with Crippen LogP contribution < -0.4 is 4.74 Å². The summed E-state index contributed by atoms with van der Waals surface area (Å²) in [7, 11) is 1.64. The van der Waals surface area contributed by atoms with Crippen LogP contribution in [0, 0.1) is 0 Å². The number of rotatable bonds is 5. The highest BCUT2D eigenvalue weighted by Gasteiger charge is 2.08. The van der Waals surface area contributed by atoms with E-state index >= 15 is 0 Å². The molecule has 100 valence electrons. The first-order valence-corrected chi connectivity index (χ1v) is 6.49. The zero-order chi connectivity index (χ0) is 13.7. The Bertz CT molecular complexity index is 528. The lowest BCUT2D eigenvalue weighted by Crippen LogP contribution is -2.00. The van der Waals surface area contributed by atoms with Crippen molar-refractivity contribution < 1.29 is 9.84 Å². The first kappa shape index (κ1) is 13.8. The van der Waals surface area contributed by atoms with Crippen LogP contribution >= 0.6 is 11.6 Å². The summed E-state index contributed by atoms with van der Waals surface area (Å²) in [4.78, 5) is 3.90. The van der Waals surface area contributed by atoms with Crippen molar-refractivity contribution in [1.29, 1.82) is 0 Å². The Balaban J connectivity index is 1.94. The van der Waals surface area contributed by atoms with Gasteiger partial charge in [-0.2, -0.15) is 0 Å². The van der Waals surface area contributed by atoms with E-state index in [2.05, 4.69) is 4.98 Å². The smallest absolute Gasteiger partial charge is 0.129 e. The Labute approximate surface area is 117 Å². The van der Waals surface area contributed by atoms with E-state index in [4.69, 9.17) is 16.3 Å². The molecule has 1 aromatic heterocycles. The summed E-state index contributed by atoms with van der Waals surface area (Å²) in [6.45, 7) is 0. The molecular weight excluding hydrogens is 262 g/mol. The number of hydrogen-bond acceptors (Lipinski definition) is 3. The molecule has 4 heteroatoms. The van der Waals surface area contributed by atoms with E-state index in [0.717, 1.165) is 17.7 Å². The summed E-state index contributed by atoms with van der Waals surface area (Å²) >= 11 is 5.80. The van der Waals surface area contributed by atoms with Crippen LogP contribution in [0.3, 0.4) is 0 Å². The molecule has 0 fully saturated rings. The highest BCUT2D eigenvalue weighted by Crippen LogP contribution is 2.21. The maximum atomic E-state index is 10.1. The van der Waals surface area contributed by atoms with E-state index < -0.39 is 6.10 Å². The first-order chi connectivity index (χ1) is 9.19. The van der Waals surface area contributed by atoms with Gasteiger partial charge in [-0.25, -0.2) is 4.98 Å². The van der Waals surface area contributed by atoms with Crippen molar-refractivity contribution in [2.24, 2.45) is 0 Å². The van der Waals surface area contributed by atoms with Crippen molar-refractivity contribution in [3.63, 3.8) is 0 Å². The third-order valence-corrected chi connectivity index (χ3v) is 3.21. The number of aryl methyl sites for hydroxylation is 1. The molecule has 0 bridgehead atoms. The quantitative estimate of drug-likeness (QED) is 0.852. The zero-order valence-electron chi connectivity index (χ0n) is 10.7. The molecule has 0 aliphatic heterocycles. The average molecular weight is 278 g/mol. The number of aliphatic hydroxyl groups excluding tert-OH is 1. The third kappa shape index (κ3) is 3.94. The maximum Gasteiger partial charge on any atom is 0.129 e. The molecule has 2 aromatic rings. The van der Waals surface area contributed by atoms with Gasteiger partial charge in [0.15, 0.2) is 0 Å². The largest absolute Gasteiger partial charge is 0.497 e.